The van der Waals surface area contributed by atoms with Crippen molar-refractivity contribution in [3.63, 3.8) is 0 Å². The molecule has 2 unspecified atom stereocenters. The van der Waals surface area contributed by atoms with Gasteiger partial charge in [-0.15, -0.1) is 0 Å². The predicted octanol–water partition coefficient (Wildman–Crippen LogP) is 1.90. The first kappa shape index (κ1) is 19.4. The second-order valence-electron chi connectivity index (χ2n) is 4.20. The largest absolute Gasteiger partial charge is 0.253 e. The zero-order valence-corrected chi connectivity index (χ0v) is 14.9. The van der Waals surface area contributed by atoms with Crippen molar-refractivity contribution in [2.75, 3.05) is 27.4 Å². The lowest BCUT2D eigenvalue weighted by molar-refractivity contribution is 0.467. The van der Waals surface area contributed by atoms with Crippen molar-refractivity contribution in [2.45, 2.75) is 39.0 Å². The summed E-state index contributed by atoms with van der Waals surface area (Å²) in [5, 5.41) is 0.611. The van der Waals surface area contributed by atoms with Crippen molar-refractivity contribution in [2.24, 2.45) is 0 Å². The maximum Gasteiger partial charge on any atom is 0.0174 e. The van der Waals surface area contributed by atoms with Gasteiger partial charge in [-0.1, -0.05) is 33.1 Å². The highest BCUT2D eigenvalue weighted by Gasteiger charge is 2.01. The molecule has 0 saturated carbocycles. The molecule has 0 aromatic carbocycles. The third kappa shape index (κ3) is 10.2. The molecule has 0 radical (unpaired) electrons. The van der Waals surface area contributed by atoms with E-state index in [1.54, 1.807) is 0 Å². The second-order valence-corrected chi connectivity index (χ2v) is 10.3. The molecule has 2 atom stereocenters. The molecule has 16 heavy (non-hydrogen) atoms. The van der Waals surface area contributed by atoms with Gasteiger partial charge in [-0.3, -0.25) is 4.31 Å². The Labute approximate surface area is 116 Å². The molecule has 0 fully saturated rings. The van der Waals surface area contributed by atoms with Crippen LogP contribution in [-0.4, -0.2) is 47.3 Å². The summed E-state index contributed by atoms with van der Waals surface area (Å²) in [6.45, 7) is 8.60. The molecule has 0 spiro atoms. The van der Waals surface area contributed by atoms with Gasteiger partial charge in [0, 0.05) is 17.5 Å². The SMILES string of the molecule is CC(C)N(C)S(C)=S.CC(C)S(=S)N(C)C. The highest BCUT2D eigenvalue weighted by molar-refractivity contribution is 8.27. The molecule has 6 heteroatoms. The number of hydrogen-bond acceptors (Lipinski definition) is 2. The number of nitrogens with zero attached hydrogens (tertiary/aromatic N) is 2. The third-order valence-corrected chi connectivity index (χ3v) is 7.41. The molecule has 0 aliphatic carbocycles. The average molecular weight is 303 g/mol. The van der Waals surface area contributed by atoms with E-state index in [1.165, 1.54) is 0 Å². The Balaban J connectivity index is 0. The molecular weight excluding hydrogens is 276 g/mol. The van der Waals surface area contributed by atoms with E-state index in [1.807, 2.05) is 14.1 Å². The Hall–Kier alpha value is 1.06. The Kier molecular flexibility index (Phi) is 12.2. The topological polar surface area (TPSA) is 6.48 Å². The van der Waals surface area contributed by atoms with Gasteiger partial charge in [0.25, 0.3) is 0 Å². The van der Waals surface area contributed by atoms with E-state index in [2.05, 4.69) is 49.6 Å². The lowest BCUT2D eigenvalue weighted by Gasteiger charge is -2.19. The molecule has 0 heterocycles. The van der Waals surface area contributed by atoms with Crippen molar-refractivity contribution >= 4 is 41.7 Å². The van der Waals surface area contributed by atoms with Crippen LogP contribution >= 0.6 is 0 Å². The molecule has 100 valence electrons. The fourth-order valence-corrected chi connectivity index (χ4v) is 2.67. The lowest BCUT2D eigenvalue weighted by Crippen LogP contribution is -2.26. The second kappa shape index (κ2) is 10.0. The van der Waals surface area contributed by atoms with Crippen LogP contribution in [0.25, 0.3) is 0 Å². The minimum atomic E-state index is 0.0262. The predicted molar refractivity (Wildman–Crippen MR) is 87.1 cm³/mol. The van der Waals surface area contributed by atoms with E-state index >= 15 is 0 Å². The highest BCUT2D eigenvalue weighted by Crippen LogP contribution is 1.96. The Bertz CT molecular complexity index is 217. The molecule has 0 aromatic heterocycles. The van der Waals surface area contributed by atoms with Crippen LogP contribution in [0, 0.1) is 0 Å². The van der Waals surface area contributed by atoms with Crippen LogP contribution < -0.4 is 0 Å². The van der Waals surface area contributed by atoms with Crippen molar-refractivity contribution < 1.29 is 0 Å². The fraction of sp³-hybridized carbons (Fsp3) is 1.00. The molecular formula is C10H26N2S4. The van der Waals surface area contributed by atoms with Crippen molar-refractivity contribution in [3.05, 3.63) is 0 Å². The monoisotopic (exact) mass is 302 g/mol. The van der Waals surface area contributed by atoms with Crippen LogP contribution in [0.1, 0.15) is 27.7 Å². The molecule has 0 aromatic rings. The summed E-state index contributed by atoms with van der Waals surface area (Å²) in [7, 11) is 6.17. The van der Waals surface area contributed by atoms with E-state index in [0.717, 1.165) is 0 Å². The lowest BCUT2D eigenvalue weighted by atomic mass is 10.4. The Morgan fingerprint density at radius 3 is 1.31 bits per heavy atom. The van der Waals surface area contributed by atoms with Gasteiger partial charge in [-0.2, -0.15) is 0 Å². The smallest absolute Gasteiger partial charge is 0.0174 e. The molecule has 0 aliphatic heterocycles. The summed E-state index contributed by atoms with van der Waals surface area (Å²) < 4.78 is 4.26. The summed E-state index contributed by atoms with van der Waals surface area (Å²) >= 11 is 10.2. The normalized spacial score (nSPS) is 15.2. The molecule has 0 amide bonds. The molecule has 0 aliphatic rings. The van der Waals surface area contributed by atoms with Gasteiger partial charge in [-0.25, -0.2) is 4.31 Å². The van der Waals surface area contributed by atoms with Crippen molar-refractivity contribution in [1.29, 1.82) is 0 Å². The molecule has 0 N–H and O–H groups in total. The summed E-state index contributed by atoms with van der Waals surface area (Å²) in [5.41, 5.74) is 0. The minimum Gasteiger partial charge on any atom is -0.253 e. The maximum atomic E-state index is 5.14. The molecule has 2 nitrogen and oxygen atoms in total. The van der Waals surface area contributed by atoms with E-state index < -0.39 is 0 Å². The summed E-state index contributed by atoms with van der Waals surface area (Å²) in [4.78, 5) is 0. The van der Waals surface area contributed by atoms with E-state index in [4.69, 9.17) is 22.4 Å². The first-order valence-corrected chi connectivity index (χ1v) is 9.94. The van der Waals surface area contributed by atoms with Crippen LogP contribution in [0.3, 0.4) is 0 Å². The van der Waals surface area contributed by atoms with E-state index in [9.17, 15) is 0 Å². The Morgan fingerprint density at radius 2 is 1.31 bits per heavy atom. The minimum absolute atomic E-state index is 0.0262. The zero-order valence-electron chi connectivity index (χ0n) is 11.7. The number of hydrogen-bond donors (Lipinski definition) is 0. The first-order valence-electron chi connectivity index (χ1n) is 5.25. The summed E-state index contributed by atoms with van der Waals surface area (Å²) in [6.07, 6.45) is 2.05. The van der Waals surface area contributed by atoms with Crippen LogP contribution in [0.4, 0.5) is 0 Å². The quantitative estimate of drug-likeness (QED) is 0.782. The van der Waals surface area contributed by atoms with Crippen molar-refractivity contribution in [3.8, 4) is 0 Å². The first-order chi connectivity index (χ1) is 7.11. The Morgan fingerprint density at radius 1 is 0.938 bits per heavy atom. The maximum absolute atomic E-state index is 5.14. The molecule has 0 bridgehead atoms. The van der Waals surface area contributed by atoms with Gasteiger partial charge >= 0.3 is 0 Å². The highest BCUT2D eigenvalue weighted by atomic mass is 32.8. The average Bonchev–Trinajstić information content (AvgIpc) is 2.15. The van der Waals surface area contributed by atoms with Crippen LogP contribution in [0.2, 0.25) is 0 Å². The van der Waals surface area contributed by atoms with Crippen LogP contribution in [-0.2, 0) is 41.7 Å². The van der Waals surface area contributed by atoms with Gasteiger partial charge in [-0.05, 0) is 57.4 Å². The van der Waals surface area contributed by atoms with Gasteiger partial charge in [0.15, 0.2) is 0 Å². The summed E-state index contributed by atoms with van der Waals surface area (Å²) in [6, 6.07) is 0.584. The standard InChI is InChI=1S/2C5H13NS2/c1-5(2)6(3)8(4)7;1-5(2)8(7)6(3)4/h2*5H,1-4H3. The van der Waals surface area contributed by atoms with Crippen molar-refractivity contribution in [1.82, 2.24) is 8.61 Å². The number of rotatable bonds is 4. The molecule has 0 saturated heterocycles. The van der Waals surface area contributed by atoms with Gasteiger partial charge in [0.2, 0.25) is 0 Å². The van der Waals surface area contributed by atoms with Gasteiger partial charge < -0.3 is 0 Å². The fourth-order valence-electron chi connectivity index (χ4n) is 0.719. The third-order valence-electron chi connectivity index (χ3n) is 1.90. The van der Waals surface area contributed by atoms with Crippen LogP contribution in [0.5, 0.6) is 0 Å². The van der Waals surface area contributed by atoms with Crippen LogP contribution in [0.15, 0.2) is 0 Å². The van der Waals surface area contributed by atoms with E-state index in [-0.39, 0.29) is 19.3 Å². The van der Waals surface area contributed by atoms with E-state index in [0.29, 0.717) is 11.3 Å². The zero-order chi connectivity index (χ0) is 13.5. The summed E-state index contributed by atoms with van der Waals surface area (Å²) in [5.74, 6) is 0. The van der Waals surface area contributed by atoms with Gasteiger partial charge in [0.1, 0.15) is 0 Å². The van der Waals surface area contributed by atoms with Gasteiger partial charge in [0.05, 0.1) is 0 Å². The molecule has 0 rings (SSSR count).